The normalized spacial score (nSPS) is 17.7. The highest BCUT2D eigenvalue weighted by molar-refractivity contribution is 8.22. The fourth-order valence-corrected chi connectivity index (χ4v) is 8.14. The van der Waals surface area contributed by atoms with Gasteiger partial charge in [0.15, 0.2) is 0 Å². The van der Waals surface area contributed by atoms with E-state index >= 15 is 0 Å². The lowest BCUT2D eigenvalue weighted by Crippen LogP contribution is -2.41. The Labute approximate surface area is 282 Å². The van der Waals surface area contributed by atoms with Crippen LogP contribution in [0.3, 0.4) is 0 Å². The molecule has 0 unspecified atom stereocenters. The summed E-state index contributed by atoms with van der Waals surface area (Å²) in [6.45, 7) is 13.5. The molecule has 0 spiro atoms. The standard InChI is InChI=1S/C35H44N8O4S/c1-7-26-21-42(48(45,46)29-10-9-15-38-33(29)47-26)20-25-18-24(12-11-22(25)3)31(35(5,6)34(44)39-19-30-36-16-17-37-30)27-13-14-28-32(23(27)4)40-41-43(28)8-2/h9-18,26,31,45-46H,7-8,19-21H2,1-6H3,(H,36,37)(H,39,44)/t26-,31+/m1/s1. The Morgan fingerprint density at radius 2 is 1.96 bits per heavy atom. The Morgan fingerprint density at radius 3 is 2.69 bits per heavy atom. The van der Waals surface area contributed by atoms with Gasteiger partial charge in [0.2, 0.25) is 11.8 Å². The molecule has 2 aromatic carbocycles. The van der Waals surface area contributed by atoms with E-state index in [1.165, 1.54) is 0 Å². The van der Waals surface area contributed by atoms with Gasteiger partial charge in [0.05, 0.1) is 24.0 Å². The van der Waals surface area contributed by atoms with E-state index in [-0.39, 0.29) is 41.8 Å². The number of nitrogens with one attached hydrogen (secondary N) is 2. The summed E-state index contributed by atoms with van der Waals surface area (Å²) in [7, 11) is -3.41. The molecule has 254 valence electrons. The van der Waals surface area contributed by atoms with E-state index in [2.05, 4.69) is 48.8 Å². The van der Waals surface area contributed by atoms with Crippen LogP contribution in [0.1, 0.15) is 73.7 Å². The number of carbonyl (C=O) groups excluding carboxylic acids is 1. The molecule has 48 heavy (non-hydrogen) atoms. The highest BCUT2D eigenvalue weighted by Gasteiger charge is 2.41. The summed E-state index contributed by atoms with van der Waals surface area (Å²) >= 11 is 0. The maximum atomic E-state index is 14.1. The molecule has 3 aromatic heterocycles. The number of hydrogen-bond donors (Lipinski definition) is 4. The highest BCUT2D eigenvalue weighted by atomic mass is 32.3. The molecule has 1 aliphatic heterocycles. The van der Waals surface area contributed by atoms with Crippen LogP contribution in [0.15, 0.2) is 66.0 Å². The van der Waals surface area contributed by atoms with Crippen LogP contribution >= 0.6 is 10.8 Å². The Morgan fingerprint density at radius 1 is 1.15 bits per heavy atom. The van der Waals surface area contributed by atoms with Crippen LogP contribution in [-0.2, 0) is 24.4 Å². The smallest absolute Gasteiger partial charge is 0.239 e. The molecule has 6 rings (SSSR count). The molecular weight excluding hydrogens is 629 g/mol. The number of ether oxygens (including phenoxy) is 1. The lowest BCUT2D eigenvalue weighted by atomic mass is 9.69. The average molecular weight is 673 g/mol. The number of amides is 1. The van der Waals surface area contributed by atoms with Crippen LogP contribution in [0, 0.1) is 19.3 Å². The zero-order valence-corrected chi connectivity index (χ0v) is 29.1. The van der Waals surface area contributed by atoms with E-state index in [0.29, 0.717) is 25.3 Å². The molecule has 0 radical (unpaired) electrons. The van der Waals surface area contributed by atoms with E-state index in [4.69, 9.17) is 4.74 Å². The maximum absolute atomic E-state index is 14.1. The van der Waals surface area contributed by atoms with Crippen molar-refractivity contribution in [3.8, 4) is 5.88 Å². The molecule has 0 saturated heterocycles. The van der Waals surface area contributed by atoms with Gasteiger partial charge in [-0.2, -0.15) is 4.31 Å². The minimum absolute atomic E-state index is 0.128. The molecule has 4 N–H and O–H groups in total. The van der Waals surface area contributed by atoms with Crippen molar-refractivity contribution < 1.29 is 18.6 Å². The molecule has 0 bridgehead atoms. The van der Waals surface area contributed by atoms with Gasteiger partial charge in [-0.05, 0) is 73.2 Å². The second kappa shape index (κ2) is 13.3. The van der Waals surface area contributed by atoms with Crippen molar-refractivity contribution in [3.05, 3.63) is 94.7 Å². The van der Waals surface area contributed by atoms with Crippen LogP contribution in [0.5, 0.6) is 5.88 Å². The van der Waals surface area contributed by atoms with E-state index in [0.717, 1.165) is 38.9 Å². The zero-order chi connectivity index (χ0) is 34.2. The van der Waals surface area contributed by atoms with Crippen LogP contribution in [0.25, 0.3) is 11.0 Å². The van der Waals surface area contributed by atoms with E-state index in [1.807, 2.05) is 58.4 Å². The molecule has 5 aromatic rings. The number of aryl methyl sites for hydroxylation is 3. The Kier molecular flexibility index (Phi) is 9.31. The third kappa shape index (κ3) is 6.18. The summed E-state index contributed by atoms with van der Waals surface area (Å²) in [5, 5.41) is 12.0. The van der Waals surface area contributed by atoms with Gasteiger partial charge < -0.3 is 15.0 Å². The number of imidazole rings is 1. The van der Waals surface area contributed by atoms with Gasteiger partial charge in [-0.15, -0.1) is 15.9 Å². The topological polar surface area (TPSA) is 154 Å². The monoisotopic (exact) mass is 672 g/mol. The van der Waals surface area contributed by atoms with Crippen molar-refractivity contribution in [3.63, 3.8) is 0 Å². The first kappa shape index (κ1) is 33.6. The number of aromatic nitrogens is 6. The van der Waals surface area contributed by atoms with Gasteiger partial charge in [0, 0.05) is 37.6 Å². The van der Waals surface area contributed by atoms with Crippen LogP contribution in [0.2, 0.25) is 0 Å². The van der Waals surface area contributed by atoms with Gasteiger partial charge in [-0.1, -0.05) is 50.3 Å². The van der Waals surface area contributed by atoms with Crippen molar-refractivity contribution in [2.75, 3.05) is 6.54 Å². The molecule has 1 amide bonds. The van der Waals surface area contributed by atoms with Gasteiger partial charge in [-0.3, -0.25) is 13.9 Å². The molecule has 0 aliphatic carbocycles. The SMILES string of the molecule is CC[C@@H]1CN(Cc2cc([C@@H](c3ccc4c(nnn4CC)c3C)C(C)(C)C(=O)NCc3ncc[nH]3)ccc2C)S(O)(O)c2cccnc2O1. The summed E-state index contributed by atoms with van der Waals surface area (Å²) in [6, 6.07) is 13.7. The first-order valence-corrected chi connectivity index (χ1v) is 17.8. The number of nitrogens with zero attached hydrogens (tertiary/aromatic N) is 6. The average Bonchev–Trinajstić information content (AvgIpc) is 3.73. The number of fused-ring (bicyclic) bond motifs is 2. The zero-order valence-electron chi connectivity index (χ0n) is 28.3. The van der Waals surface area contributed by atoms with Crippen LogP contribution < -0.4 is 10.1 Å². The molecular formula is C35H44N8O4S. The lowest BCUT2D eigenvalue weighted by Gasteiger charge is -2.42. The number of benzene rings is 2. The van der Waals surface area contributed by atoms with Crippen molar-refractivity contribution in [1.82, 2.24) is 39.6 Å². The minimum Gasteiger partial charge on any atom is -0.472 e. The maximum Gasteiger partial charge on any atom is 0.239 e. The summed E-state index contributed by atoms with van der Waals surface area (Å²) in [6.07, 6.45) is 5.39. The first-order valence-electron chi connectivity index (χ1n) is 16.3. The third-order valence-electron chi connectivity index (χ3n) is 9.46. The predicted octanol–water partition coefficient (Wildman–Crippen LogP) is 6.36. The summed E-state index contributed by atoms with van der Waals surface area (Å²) < 4.78 is 33.0. The second-order valence-corrected chi connectivity index (χ2v) is 14.9. The first-order chi connectivity index (χ1) is 22.9. The number of pyridine rings is 1. The van der Waals surface area contributed by atoms with Crippen molar-refractivity contribution >= 4 is 27.7 Å². The number of hydrogen-bond acceptors (Lipinski definition) is 9. The highest BCUT2D eigenvalue weighted by Crippen LogP contribution is 2.57. The van der Waals surface area contributed by atoms with E-state index in [9.17, 15) is 13.9 Å². The molecule has 0 fully saturated rings. The van der Waals surface area contributed by atoms with Gasteiger partial charge in [0.1, 0.15) is 22.3 Å². The predicted molar refractivity (Wildman–Crippen MR) is 186 cm³/mol. The summed E-state index contributed by atoms with van der Waals surface area (Å²) in [4.78, 5) is 26.0. The van der Waals surface area contributed by atoms with Gasteiger partial charge in [0.25, 0.3) is 0 Å². The summed E-state index contributed by atoms with van der Waals surface area (Å²) in [5.41, 5.74) is 5.59. The van der Waals surface area contributed by atoms with Crippen LogP contribution in [0.4, 0.5) is 0 Å². The van der Waals surface area contributed by atoms with Crippen molar-refractivity contribution in [2.24, 2.45) is 5.41 Å². The van der Waals surface area contributed by atoms with E-state index in [1.54, 1.807) is 35.0 Å². The Hall–Kier alpha value is -4.30. The molecule has 13 heteroatoms. The molecule has 4 heterocycles. The Bertz CT molecular complexity index is 1920. The number of carbonyl (C=O) groups is 1. The number of rotatable bonds is 10. The minimum atomic E-state index is -3.41. The second-order valence-electron chi connectivity index (χ2n) is 12.9. The molecule has 1 aliphatic rings. The third-order valence-corrected chi connectivity index (χ3v) is 11.4. The van der Waals surface area contributed by atoms with E-state index < -0.39 is 16.2 Å². The van der Waals surface area contributed by atoms with Gasteiger partial charge in [-0.25, -0.2) is 14.6 Å². The lowest BCUT2D eigenvalue weighted by molar-refractivity contribution is -0.130. The molecule has 2 atom stereocenters. The van der Waals surface area contributed by atoms with Gasteiger partial charge >= 0.3 is 0 Å². The fourth-order valence-electron chi connectivity index (χ4n) is 6.57. The fraction of sp³-hybridized carbons (Fsp3) is 0.400. The molecule has 0 saturated carbocycles. The summed E-state index contributed by atoms with van der Waals surface area (Å²) in [5.74, 6) is 0.414. The van der Waals surface area contributed by atoms with Crippen molar-refractivity contribution in [2.45, 2.75) is 84.5 Å². The number of aromatic amines is 1. The molecule has 12 nitrogen and oxygen atoms in total. The Balaban J connectivity index is 1.43. The largest absolute Gasteiger partial charge is 0.472 e. The van der Waals surface area contributed by atoms with Crippen molar-refractivity contribution in [1.29, 1.82) is 0 Å². The quantitative estimate of drug-likeness (QED) is 0.133. The van der Waals surface area contributed by atoms with Crippen LogP contribution in [-0.4, -0.2) is 61.9 Å². The number of H-pyrrole nitrogens is 1.